The van der Waals surface area contributed by atoms with E-state index in [0.717, 1.165) is 22.3 Å². The van der Waals surface area contributed by atoms with E-state index in [4.69, 9.17) is 10.7 Å². The van der Waals surface area contributed by atoms with Crippen LogP contribution in [0, 0.1) is 5.92 Å². The molecule has 0 aromatic carbocycles. The van der Waals surface area contributed by atoms with Crippen LogP contribution in [-0.4, -0.2) is 27.1 Å². The molecule has 1 unspecified atom stereocenters. The molecule has 5 nitrogen and oxygen atoms in total. The first-order valence-electron chi connectivity index (χ1n) is 7.96. The van der Waals surface area contributed by atoms with E-state index in [9.17, 15) is 4.79 Å². The van der Waals surface area contributed by atoms with Crippen molar-refractivity contribution >= 4 is 16.8 Å². The summed E-state index contributed by atoms with van der Waals surface area (Å²) in [4.78, 5) is 17.4. The van der Waals surface area contributed by atoms with E-state index in [-0.39, 0.29) is 23.7 Å². The minimum absolute atomic E-state index is 0.121. The van der Waals surface area contributed by atoms with Crippen molar-refractivity contribution < 1.29 is 4.79 Å². The van der Waals surface area contributed by atoms with Crippen molar-refractivity contribution in [2.75, 3.05) is 6.54 Å². The summed E-state index contributed by atoms with van der Waals surface area (Å²) in [7, 11) is 0. The summed E-state index contributed by atoms with van der Waals surface area (Å²) < 4.78 is 1.88. The Hall–Kier alpha value is -1.75. The number of Topliss-reactive ketones (excluding diaryl/α,β-unsaturated/α-hetero) is 1. The second-order valence-electron chi connectivity index (χ2n) is 6.64. The largest absolute Gasteiger partial charge is 0.330 e. The SMILES string of the molecule is CC(CN)CC(=O)c1cc(C(C)C)nc2c1cnn2C(C)C. The fourth-order valence-electron chi connectivity index (χ4n) is 2.45. The molecule has 5 heteroatoms. The van der Waals surface area contributed by atoms with Crippen LogP contribution in [0.4, 0.5) is 0 Å². The molecule has 0 fully saturated rings. The van der Waals surface area contributed by atoms with Gasteiger partial charge in [-0.1, -0.05) is 20.8 Å². The van der Waals surface area contributed by atoms with Crippen LogP contribution in [0.3, 0.4) is 0 Å². The number of nitrogens with zero attached hydrogens (tertiary/aromatic N) is 3. The minimum Gasteiger partial charge on any atom is -0.330 e. The molecule has 0 saturated heterocycles. The van der Waals surface area contributed by atoms with E-state index in [2.05, 4.69) is 32.8 Å². The lowest BCUT2D eigenvalue weighted by molar-refractivity contribution is 0.0967. The summed E-state index contributed by atoms with van der Waals surface area (Å²) in [5.74, 6) is 0.562. The van der Waals surface area contributed by atoms with Gasteiger partial charge in [0.2, 0.25) is 0 Å². The molecule has 2 rings (SSSR count). The van der Waals surface area contributed by atoms with Gasteiger partial charge in [0.05, 0.1) is 6.20 Å². The van der Waals surface area contributed by atoms with Crippen LogP contribution in [0.2, 0.25) is 0 Å². The average molecular weight is 302 g/mol. The first kappa shape index (κ1) is 16.6. The molecule has 2 N–H and O–H groups in total. The zero-order valence-corrected chi connectivity index (χ0v) is 14.1. The molecule has 0 aliphatic carbocycles. The number of carbonyl (C=O) groups is 1. The minimum atomic E-state index is 0.121. The van der Waals surface area contributed by atoms with Crippen molar-refractivity contribution in [1.82, 2.24) is 14.8 Å². The molecule has 0 amide bonds. The van der Waals surface area contributed by atoms with Gasteiger partial charge in [0, 0.05) is 29.1 Å². The highest BCUT2D eigenvalue weighted by Crippen LogP contribution is 2.25. The Balaban J connectivity index is 2.59. The molecule has 2 aromatic rings. The fraction of sp³-hybridized carbons (Fsp3) is 0.588. The number of aromatic nitrogens is 3. The van der Waals surface area contributed by atoms with E-state index < -0.39 is 0 Å². The Labute approximate surface area is 131 Å². The number of rotatable bonds is 6. The maximum Gasteiger partial charge on any atom is 0.164 e. The molecule has 0 bridgehead atoms. The summed E-state index contributed by atoms with van der Waals surface area (Å²) in [6.45, 7) is 10.8. The second-order valence-corrected chi connectivity index (χ2v) is 6.64. The number of nitrogens with two attached hydrogens (primary N) is 1. The Morgan fingerprint density at radius 2 is 1.95 bits per heavy atom. The van der Waals surface area contributed by atoms with E-state index in [0.29, 0.717) is 13.0 Å². The molecule has 0 aliphatic heterocycles. The number of fused-ring (bicyclic) bond motifs is 1. The van der Waals surface area contributed by atoms with Crippen LogP contribution in [-0.2, 0) is 0 Å². The topological polar surface area (TPSA) is 73.8 Å². The van der Waals surface area contributed by atoms with Gasteiger partial charge in [-0.2, -0.15) is 5.10 Å². The van der Waals surface area contributed by atoms with Crippen molar-refractivity contribution in [3.63, 3.8) is 0 Å². The summed E-state index contributed by atoms with van der Waals surface area (Å²) in [6.07, 6.45) is 2.22. The van der Waals surface area contributed by atoms with Crippen LogP contribution in [0.5, 0.6) is 0 Å². The normalized spacial score (nSPS) is 13.3. The molecule has 0 spiro atoms. The summed E-state index contributed by atoms with van der Waals surface area (Å²) in [5.41, 5.74) is 8.10. The first-order valence-corrected chi connectivity index (χ1v) is 7.96. The third-order valence-corrected chi connectivity index (χ3v) is 3.90. The van der Waals surface area contributed by atoms with Gasteiger partial charge < -0.3 is 5.73 Å². The number of ketones is 1. The highest BCUT2D eigenvalue weighted by molar-refractivity contribution is 6.06. The Morgan fingerprint density at radius 3 is 2.50 bits per heavy atom. The summed E-state index contributed by atoms with van der Waals surface area (Å²) in [5, 5.41) is 5.25. The van der Waals surface area contributed by atoms with Crippen molar-refractivity contribution in [1.29, 1.82) is 0 Å². The predicted octanol–water partition coefficient (Wildman–Crippen LogP) is 3.30. The van der Waals surface area contributed by atoms with Gasteiger partial charge in [0.15, 0.2) is 11.4 Å². The predicted molar refractivity (Wildman–Crippen MR) is 89.2 cm³/mol. The summed E-state index contributed by atoms with van der Waals surface area (Å²) >= 11 is 0. The highest BCUT2D eigenvalue weighted by atomic mass is 16.1. The molecule has 1 atom stereocenters. The van der Waals surface area contributed by atoms with Gasteiger partial charge in [0.25, 0.3) is 0 Å². The molecular weight excluding hydrogens is 276 g/mol. The van der Waals surface area contributed by atoms with E-state index in [1.54, 1.807) is 6.20 Å². The fourth-order valence-corrected chi connectivity index (χ4v) is 2.45. The Kier molecular flexibility index (Phi) is 4.96. The Bertz CT molecular complexity index is 673. The van der Waals surface area contributed by atoms with Crippen molar-refractivity contribution in [3.8, 4) is 0 Å². The number of hydrogen-bond acceptors (Lipinski definition) is 4. The van der Waals surface area contributed by atoms with Crippen LogP contribution in [0.1, 0.15) is 69.1 Å². The van der Waals surface area contributed by atoms with Crippen LogP contribution in [0.25, 0.3) is 11.0 Å². The van der Waals surface area contributed by atoms with Crippen molar-refractivity contribution in [2.45, 2.75) is 53.0 Å². The maximum absolute atomic E-state index is 12.7. The zero-order valence-electron chi connectivity index (χ0n) is 14.1. The highest BCUT2D eigenvalue weighted by Gasteiger charge is 2.19. The lowest BCUT2D eigenvalue weighted by Crippen LogP contribution is -2.16. The lowest BCUT2D eigenvalue weighted by Gasteiger charge is -2.13. The van der Waals surface area contributed by atoms with Gasteiger partial charge >= 0.3 is 0 Å². The number of hydrogen-bond donors (Lipinski definition) is 1. The van der Waals surface area contributed by atoms with Crippen molar-refractivity contribution in [3.05, 3.63) is 23.5 Å². The van der Waals surface area contributed by atoms with Crippen LogP contribution >= 0.6 is 0 Å². The molecule has 120 valence electrons. The third-order valence-electron chi connectivity index (χ3n) is 3.90. The van der Waals surface area contributed by atoms with Gasteiger partial charge in [0.1, 0.15) is 0 Å². The van der Waals surface area contributed by atoms with Gasteiger partial charge in [-0.3, -0.25) is 4.79 Å². The summed E-state index contributed by atoms with van der Waals surface area (Å²) in [6, 6.07) is 2.13. The molecule has 0 aliphatic rings. The zero-order chi connectivity index (χ0) is 16.4. The second kappa shape index (κ2) is 6.57. The molecule has 2 aromatic heterocycles. The van der Waals surface area contributed by atoms with Crippen molar-refractivity contribution in [2.24, 2.45) is 11.7 Å². The van der Waals surface area contributed by atoms with Crippen LogP contribution in [0.15, 0.2) is 12.3 Å². The van der Waals surface area contributed by atoms with E-state index in [1.807, 2.05) is 17.7 Å². The maximum atomic E-state index is 12.7. The van der Waals surface area contributed by atoms with Crippen LogP contribution < -0.4 is 5.73 Å². The number of pyridine rings is 1. The monoisotopic (exact) mass is 302 g/mol. The molecule has 0 radical (unpaired) electrons. The molecule has 22 heavy (non-hydrogen) atoms. The van der Waals surface area contributed by atoms with Gasteiger partial charge in [-0.05, 0) is 38.3 Å². The molecular formula is C17H26N4O. The first-order chi connectivity index (χ1) is 10.3. The van der Waals surface area contributed by atoms with Gasteiger partial charge in [-0.25, -0.2) is 9.67 Å². The van der Waals surface area contributed by atoms with Gasteiger partial charge in [-0.15, -0.1) is 0 Å². The Morgan fingerprint density at radius 1 is 1.27 bits per heavy atom. The number of carbonyl (C=O) groups excluding carboxylic acids is 1. The van der Waals surface area contributed by atoms with E-state index >= 15 is 0 Å². The lowest BCUT2D eigenvalue weighted by atomic mass is 9.96. The molecule has 2 heterocycles. The average Bonchev–Trinajstić information content (AvgIpc) is 2.89. The van der Waals surface area contributed by atoms with E-state index in [1.165, 1.54) is 0 Å². The smallest absolute Gasteiger partial charge is 0.164 e. The molecule has 0 saturated carbocycles. The third kappa shape index (κ3) is 3.19. The quantitative estimate of drug-likeness (QED) is 0.831. The standard InChI is InChI=1S/C17H26N4O/c1-10(2)15-7-13(16(22)6-12(5)8-18)14-9-19-21(11(3)4)17(14)20-15/h7,9-12H,6,8,18H2,1-5H3.